The van der Waals surface area contributed by atoms with E-state index in [9.17, 15) is 14.7 Å². The van der Waals surface area contributed by atoms with Crippen LogP contribution in [0.5, 0.6) is 11.5 Å². The number of rotatable bonds is 5. The summed E-state index contributed by atoms with van der Waals surface area (Å²) in [6.45, 7) is 3.63. The molecular formula is C28H24N2O5. The number of ketones is 1. The minimum Gasteiger partial charge on any atom is -0.507 e. The number of amides is 1. The fourth-order valence-electron chi connectivity index (χ4n) is 4.39. The Morgan fingerprint density at radius 2 is 1.60 bits per heavy atom. The summed E-state index contributed by atoms with van der Waals surface area (Å²) < 4.78 is 10.9. The molecule has 0 bridgehead atoms. The number of carbonyl (C=O) groups excluding carboxylic acids is 2. The Bertz CT molecular complexity index is 1400. The molecule has 1 atom stereocenters. The van der Waals surface area contributed by atoms with Crippen LogP contribution in [0.3, 0.4) is 0 Å². The highest BCUT2D eigenvalue weighted by Gasteiger charge is 2.48. The van der Waals surface area contributed by atoms with Crippen molar-refractivity contribution in [3.8, 4) is 17.6 Å². The number of aliphatic hydroxyl groups excluding tert-OH is 1. The van der Waals surface area contributed by atoms with Crippen molar-refractivity contribution >= 4 is 23.1 Å². The molecule has 1 saturated heterocycles. The average Bonchev–Trinajstić information content (AvgIpc) is 3.14. The number of nitriles is 1. The average molecular weight is 469 g/mol. The molecule has 1 heterocycles. The van der Waals surface area contributed by atoms with Gasteiger partial charge in [-0.15, -0.1) is 0 Å². The fourth-order valence-corrected chi connectivity index (χ4v) is 4.39. The molecule has 1 amide bonds. The van der Waals surface area contributed by atoms with Gasteiger partial charge in [-0.2, -0.15) is 5.26 Å². The normalized spacial score (nSPS) is 16.8. The zero-order valence-electron chi connectivity index (χ0n) is 19.8. The Morgan fingerprint density at radius 1 is 0.943 bits per heavy atom. The first-order chi connectivity index (χ1) is 16.8. The second-order valence-electron chi connectivity index (χ2n) is 8.21. The van der Waals surface area contributed by atoms with E-state index < -0.39 is 17.7 Å². The van der Waals surface area contributed by atoms with Crippen LogP contribution >= 0.6 is 0 Å². The number of Topliss-reactive ketones (excluding diaryl/α,β-unsaturated/α-hetero) is 1. The summed E-state index contributed by atoms with van der Waals surface area (Å²) in [5.74, 6) is -0.755. The quantitative estimate of drug-likeness (QED) is 0.327. The van der Waals surface area contributed by atoms with Crippen LogP contribution < -0.4 is 14.4 Å². The summed E-state index contributed by atoms with van der Waals surface area (Å²) in [5, 5.41) is 20.6. The van der Waals surface area contributed by atoms with E-state index in [1.807, 2.05) is 13.0 Å². The van der Waals surface area contributed by atoms with Gasteiger partial charge in [-0.25, -0.2) is 0 Å². The molecule has 1 aliphatic heterocycles. The maximum Gasteiger partial charge on any atom is 0.300 e. The van der Waals surface area contributed by atoms with Crippen molar-refractivity contribution in [2.45, 2.75) is 19.9 Å². The van der Waals surface area contributed by atoms with E-state index in [0.717, 1.165) is 5.56 Å². The van der Waals surface area contributed by atoms with Gasteiger partial charge in [-0.1, -0.05) is 18.2 Å². The molecule has 7 heteroatoms. The smallest absolute Gasteiger partial charge is 0.300 e. The van der Waals surface area contributed by atoms with Gasteiger partial charge in [0, 0.05) is 16.8 Å². The number of methoxy groups -OCH3 is 2. The Hall–Kier alpha value is -4.57. The predicted octanol–water partition coefficient (Wildman–Crippen LogP) is 4.82. The van der Waals surface area contributed by atoms with E-state index >= 15 is 0 Å². The van der Waals surface area contributed by atoms with E-state index in [-0.39, 0.29) is 11.3 Å². The van der Waals surface area contributed by atoms with Crippen molar-refractivity contribution in [1.29, 1.82) is 5.26 Å². The summed E-state index contributed by atoms with van der Waals surface area (Å²) >= 11 is 0. The van der Waals surface area contributed by atoms with E-state index in [2.05, 4.69) is 0 Å². The number of carbonyl (C=O) groups is 2. The molecule has 1 fully saturated rings. The van der Waals surface area contributed by atoms with Crippen LogP contribution in [0.15, 0.2) is 66.2 Å². The van der Waals surface area contributed by atoms with Crippen molar-refractivity contribution in [2.75, 3.05) is 19.1 Å². The lowest BCUT2D eigenvalue weighted by atomic mass is 9.92. The minimum absolute atomic E-state index is 0.0449. The Morgan fingerprint density at radius 3 is 2.23 bits per heavy atom. The van der Waals surface area contributed by atoms with Crippen molar-refractivity contribution in [3.63, 3.8) is 0 Å². The lowest BCUT2D eigenvalue weighted by Crippen LogP contribution is -2.29. The molecule has 7 nitrogen and oxygen atoms in total. The second kappa shape index (κ2) is 9.35. The summed E-state index contributed by atoms with van der Waals surface area (Å²) in [5.41, 5.74) is 3.23. The van der Waals surface area contributed by atoms with Crippen LogP contribution in [-0.4, -0.2) is 31.0 Å². The third-order valence-corrected chi connectivity index (χ3v) is 6.15. The molecule has 176 valence electrons. The Labute approximate surface area is 203 Å². The van der Waals surface area contributed by atoms with Gasteiger partial charge in [0.25, 0.3) is 11.7 Å². The number of ether oxygens (including phenoxy) is 2. The molecule has 35 heavy (non-hydrogen) atoms. The highest BCUT2D eigenvalue weighted by Crippen LogP contribution is 2.45. The van der Waals surface area contributed by atoms with E-state index in [1.54, 1.807) is 74.7 Å². The maximum atomic E-state index is 13.4. The SMILES string of the molecule is COc1cc(C)c(/C(O)=C2\C(=O)C(=O)N(c3ccc(C#N)cc3)C2c2ccccc2OC)cc1C. The van der Waals surface area contributed by atoms with Crippen LogP contribution in [0.25, 0.3) is 5.76 Å². The molecule has 1 unspecified atom stereocenters. The predicted molar refractivity (Wildman–Crippen MR) is 131 cm³/mol. The van der Waals surface area contributed by atoms with Gasteiger partial charge in [0.05, 0.1) is 37.5 Å². The van der Waals surface area contributed by atoms with Crippen LogP contribution in [0.2, 0.25) is 0 Å². The maximum absolute atomic E-state index is 13.4. The molecule has 3 aromatic carbocycles. The zero-order valence-corrected chi connectivity index (χ0v) is 19.8. The van der Waals surface area contributed by atoms with Gasteiger partial charge in [0.1, 0.15) is 17.3 Å². The second-order valence-corrected chi connectivity index (χ2v) is 8.21. The van der Waals surface area contributed by atoms with Crippen LogP contribution in [-0.2, 0) is 9.59 Å². The van der Waals surface area contributed by atoms with E-state index in [4.69, 9.17) is 14.7 Å². The first kappa shape index (κ1) is 23.6. The number of benzene rings is 3. The monoisotopic (exact) mass is 468 g/mol. The van der Waals surface area contributed by atoms with E-state index in [0.29, 0.717) is 39.4 Å². The number of nitrogens with zero attached hydrogens (tertiary/aromatic N) is 2. The first-order valence-electron chi connectivity index (χ1n) is 10.9. The number of anilines is 1. The molecule has 3 aromatic rings. The van der Waals surface area contributed by atoms with Crippen molar-refractivity contribution in [1.82, 2.24) is 0 Å². The lowest BCUT2D eigenvalue weighted by Gasteiger charge is -2.26. The van der Waals surface area contributed by atoms with Crippen molar-refractivity contribution in [2.24, 2.45) is 0 Å². The van der Waals surface area contributed by atoms with Crippen LogP contribution in [0.1, 0.15) is 33.9 Å². The highest BCUT2D eigenvalue weighted by molar-refractivity contribution is 6.51. The Kier molecular flexibility index (Phi) is 6.30. The van der Waals surface area contributed by atoms with Gasteiger partial charge < -0.3 is 14.6 Å². The molecule has 4 rings (SSSR count). The molecule has 1 N–H and O–H groups in total. The molecule has 0 saturated carbocycles. The standard InChI is InChI=1S/C28H24N2O5/c1-16-14-23(35-4)17(2)13-21(16)26(31)24-25(20-7-5-6-8-22(20)34-3)30(28(33)27(24)32)19-11-9-18(15-29)10-12-19/h5-14,25,31H,1-4H3/b26-24+. The zero-order chi connectivity index (χ0) is 25.3. The van der Waals surface area contributed by atoms with Crippen molar-refractivity contribution in [3.05, 3.63) is 94.1 Å². The summed E-state index contributed by atoms with van der Waals surface area (Å²) in [6, 6.07) is 18.0. The number of hydrogen-bond acceptors (Lipinski definition) is 6. The van der Waals surface area contributed by atoms with E-state index in [1.165, 1.54) is 12.0 Å². The highest BCUT2D eigenvalue weighted by atomic mass is 16.5. The van der Waals surface area contributed by atoms with Gasteiger partial charge >= 0.3 is 0 Å². The molecule has 0 aliphatic carbocycles. The fraction of sp³-hybridized carbons (Fsp3) is 0.179. The number of aryl methyl sites for hydroxylation is 2. The van der Waals surface area contributed by atoms with Gasteiger partial charge in [-0.05, 0) is 67.4 Å². The number of hydrogen-bond donors (Lipinski definition) is 1. The summed E-state index contributed by atoms with van der Waals surface area (Å²) in [4.78, 5) is 28.1. The van der Waals surface area contributed by atoms with Gasteiger partial charge in [-0.3, -0.25) is 14.5 Å². The van der Waals surface area contributed by atoms with Crippen molar-refractivity contribution < 1.29 is 24.2 Å². The molecule has 1 aliphatic rings. The largest absolute Gasteiger partial charge is 0.507 e. The number of aliphatic hydroxyl groups is 1. The summed E-state index contributed by atoms with van der Waals surface area (Å²) in [7, 11) is 3.07. The topological polar surface area (TPSA) is 99.9 Å². The third kappa shape index (κ3) is 4.00. The summed E-state index contributed by atoms with van der Waals surface area (Å²) in [6.07, 6.45) is 0. The van der Waals surface area contributed by atoms with Crippen LogP contribution in [0.4, 0.5) is 5.69 Å². The van der Waals surface area contributed by atoms with Gasteiger partial charge in [0.15, 0.2) is 0 Å². The van der Waals surface area contributed by atoms with Gasteiger partial charge in [0.2, 0.25) is 0 Å². The molecular weight excluding hydrogens is 444 g/mol. The Balaban J connectivity index is 2.00. The molecule has 0 aromatic heterocycles. The minimum atomic E-state index is -0.944. The molecule has 0 spiro atoms. The number of para-hydroxylation sites is 1. The van der Waals surface area contributed by atoms with Crippen LogP contribution in [0, 0.1) is 25.2 Å². The lowest BCUT2D eigenvalue weighted by molar-refractivity contribution is -0.132. The third-order valence-electron chi connectivity index (χ3n) is 6.15. The first-order valence-corrected chi connectivity index (χ1v) is 10.9. The molecule has 0 radical (unpaired) electrons.